The number of carbonyl (C=O) groups is 1. The molecule has 0 atom stereocenters. The third-order valence-corrected chi connectivity index (χ3v) is 4.57. The van der Waals surface area contributed by atoms with Crippen LogP contribution in [0.15, 0.2) is 72.0 Å². The summed E-state index contributed by atoms with van der Waals surface area (Å²) in [5, 5.41) is 2.97. The molecule has 1 aliphatic rings. The summed E-state index contributed by atoms with van der Waals surface area (Å²) in [5.41, 5.74) is 4.29. The number of hydrogen-bond donors (Lipinski definition) is 1. The van der Waals surface area contributed by atoms with Crippen molar-refractivity contribution in [3.63, 3.8) is 0 Å². The number of hydrogen-bond acceptors (Lipinski definition) is 2. The number of fused-ring (bicyclic) bond motifs is 1. The van der Waals surface area contributed by atoms with Crippen molar-refractivity contribution in [2.24, 2.45) is 4.99 Å². The molecule has 24 heavy (non-hydrogen) atoms. The van der Waals surface area contributed by atoms with E-state index in [4.69, 9.17) is 4.99 Å². The van der Waals surface area contributed by atoms with E-state index in [1.54, 1.807) is 0 Å². The van der Waals surface area contributed by atoms with E-state index < -0.39 is 0 Å². The van der Waals surface area contributed by atoms with E-state index in [2.05, 4.69) is 27.9 Å². The Morgan fingerprint density at radius 3 is 2.67 bits per heavy atom. The summed E-state index contributed by atoms with van der Waals surface area (Å²) in [5.74, 6) is -0.0454. The van der Waals surface area contributed by atoms with Gasteiger partial charge in [0.2, 0.25) is 5.91 Å². The SMILES string of the molecule is O=C1CC(c2cccc(I)c2)=Nc2ccc(-n3cccc3)cc2N1. The molecule has 3 aromatic rings. The molecular formula is C19H14IN3O. The van der Waals surface area contributed by atoms with E-state index >= 15 is 0 Å². The zero-order chi connectivity index (χ0) is 16.5. The largest absolute Gasteiger partial charge is 0.324 e. The Labute approximate surface area is 153 Å². The molecule has 4 rings (SSSR count). The standard InChI is InChI=1S/C19H14IN3O/c20-14-5-3-4-13(10-14)17-12-19(24)22-18-11-15(6-7-16(18)21-17)23-8-1-2-9-23/h1-11H,12H2,(H,22,24). The van der Waals surface area contributed by atoms with E-state index in [0.29, 0.717) is 0 Å². The second-order valence-electron chi connectivity index (χ2n) is 5.59. The van der Waals surface area contributed by atoms with Crippen LogP contribution in [0.2, 0.25) is 0 Å². The zero-order valence-corrected chi connectivity index (χ0v) is 14.9. The fourth-order valence-corrected chi connectivity index (χ4v) is 3.30. The van der Waals surface area contributed by atoms with Crippen molar-refractivity contribution < 1.29 is 4.79 Å². The molecule has 1 aliphatic heterocycles. The van der Waals surface area contributed by atoms with E-state index in [9.17, 15) is 4.79 Å². The molecule has 0 saturated carbocycles. The second kappa shape index (κ2) is 6.24. The molecule has 2 aromatic carbocycles. The van der Waals surface area contributed by atoms with Crippen LogP contribution < -0.4 is 5.32 Å². The quantitative estimate of drug-likeness (QED) is 0.600. The monoisotopic (exact) mass is 427 g/mol. The van der Waals surface area contributed by atoms with Crippen LogP contribution in [0, 0.1) is 3.57 Å². The molecule has 0 spiro atoms. The van der Waals surface area contributed by atoms with Crippen molar-refractivity contribution in [2.45, 2.75) is 6.42 Å². The van der Waals surface area contributed by atoms with Crippen LogP contribution in [0.3, 0.4) is 0 Å². The Morgan fingerprint density at radius 1 is 1.04 bits per heavy atom. The smallest absolute Gasteiger partial charge is 0.230 e. The van der Waals surface area contributed by atoms with E-state index in [1.807, 2.05) is 71.6 Å². The first kappa shape index (κ1) is 15.1. The van der Waals surface area contributed by atoms with Crippen LogP contribution >= 0.6 is 22.6 Å². The third kappa shape index (κ3) is 2.99. The van der Waals surface area contributed by atoms with Crippen molar-refractivity contribution in [3.8, 4) is 5.69 Å². The lowest BCUT2D eigenvalue weighted by molar-refractivity contribution is -0.115. The van der Waals surface area contributed by atoms with Crippen molar-refractivity contribution in [1.29, 1.82) is 0 Å². The van der Waals surface area contributed by atoms with Gasteiger partial charge in [-0.2, -0.15) is 0 Å². The topological polar surface area (TPSA) is 46.4 Å². The Balaban J connectivity index is 1.79. The summed E-state index contributed by atoms with van der Waals surface area (Å²) in [4.78, 5) is 17.1. The van der Waals surface area contributed by atoms with Gasteiger partial charge in [-0.1, -0.05) is 12.1 Å². The number of halogens is 1. The van der Waals surface area contributed by atoms with Gasteiger partial charge in [-0.3, -0.25) is 9.79 Å². The summed E-state index contributed by atoms with van der Waals surface area (Å²) < 4.78 is 3.13. The van der Waals surface area contributed by atoms with Crippen molar-refractivity contribution in [1.82, 2.24) is 4.57 Å². The zero-order valence-electron chi connectivity index (χ0n) is 12.7. The van der Waals surface area contributed by atoms with E-state index in [1.165, 1.54) is 0 Å². The van der Waals surface area contributed by atoms with Gasteiger partial charge in [0.1, 0.15) is 0 Å². The summed E-state index contributed by atoms with van der Waals surface area (Å²) in [6.07, 6.45) is 4.22. The van der Waals surface area contributed by atoms with E-state index in [-0.39, 0.29) is 12.3 Å². The molecule has 0 aliphatic carbocycles. The number of nitrogens with zero attached hydrogens (tertiary/aromatic N) is 2. The van der Waals surface area contributed by atoms with Crippen LogP contribution in [0.25, 0.3) is 5.69 Å². The Bertz CT molecular complexity index is 945. The maximum Gasteiger partial charge on any atom is 0.230 e. The van der Waals surface area contributed by atoms with Crippen LogP contribution in [-0.2, 0) is 4.79 Å². The number of benzene rings is 2. The number of aromatic nitrogens is 1. The maximum absolute atomic E-state index is 12.3. The van der Waals surface area contributed by atoms with Crippen LogP contribution in [0.1, 0.15) is 12.0 Å². The van der Waals surface area contributed by atoms with Crippen LogP contribution in [0.4, 0.5) is 11.4 Å². The molecule has 0 radical (unpaired) electrons. The van der Waals surface area contributed by atoms with Gasteiger partial charge in [-0.15, -0.1) is 0 Å². The number of nitrogens with one attached hydrogen (secondary N) is 1. The summed E-state index contributed by atoms with van der Waals surface area (Å²) >= 11 is 2.27. The summed E-state index contributed by atoms with van der Waals surface area (Å²) in [6, 6.07) is 17.9. The molecular weight excluding hydrogens is 413 g/mol. The third-order valence-electron chi connectivity index (χ3n) is 3.90. The molecule has 0 fully saturated rings. The van der Waals surface area contributed by atoms with Gasteiger partial charge in [-0.25, -0.2) is 0 Å². The van der Waals surface area contributed by atoms with Gasteiger partial charge >= 0.3 is 0 Å². The first-order valence-electron chi connectivity index (χ1n) is 7.60. The van der Waals surface area contributed by atoms with Crippen molar-refractivity contribution in [2.75, 3.05) is 5.32 Å². The second-order valence-corrected chi connectivity index (χ2v) is 6.83. The molecule has 1 aromatic heterocycles. The molecule has 5 heteroatoms. The average Bonchev–Trinajstić information content (AvgIpc) is 3.04. The summed E-state index contributed by atoms with van der Waals surface area (Å²) in [7, 11) is 0. The van der Waals surface area contributed by atoms with Gasteiger partial charge in [0.25, 0.3) is 0 Å². The van der Waals surface area contributed by atoms with Gasteiger partial charge in [0.05, 0.1) is 23.5 Å². The molecule has 1 amide bonds. The number of amides is 1. The Morgan fingerprint density at radius 2 is 1.88 bits per heavy atom. The Hall–Kier alpha value is -2.41. The van der Waals surface area contributed by atoms with E-state index in [0.717, 1.165) is 31.9 Å². The van der Waals surface area contributed by atoms with Crippen molar-refractivity contribution in [3.05, 3.63) is 76.1 Å². The highest BCUT2D eigenvalue weighted by atomic mass is 127. The normalized spacial score (nSPS) is 13.7. The minimum Gasteiger partial charge on any atom is -0.324 e. The van der Waals surface area contributed by atoms with Crippen LogP contribution in [0.5, 0.6) is 0 Å². The Kier molecular flexibility index (Phi) is 3.93. The van der Waals surface area contributed by atoms with Gasteiger partial charge in [0, 0.05) is 21.7 Å². The molecule has 0 unspecified atom stereocenters. The lowest BCUT2D eigenvalue weighted by atomic mass is 10.1. The van der Waals surface area contributed by atoms with Gasteiger partial charge in [-0.05, 0) is 70.6 Å². The highest BCUT2D eigenvalue weighted by Gasteiger charge is 2.17. The number of anilines is 1. The first-order valence-corrected chi connectivity index (χ1v) is 8.68. The molecule has 4 nitrogen and oxygen atoms in total. The van der Waals surface area contributed by atoms with Gasteiger partial charge in [0.15, 0.2) is 0 Å². The fraction of sp³-hybridized carbons (Fsp3) is 0.0526. The predicted octanol–water partition coefficient (Wildman–Crippen LogP) is 4.54. The number of aliphatic imine (C=N–C) groups is 1. The minimum absolute atomic E-state index is 0.0454. The first-order chi connectivity index (χ1) is 11.7. The molecule has 0 bridgehead atoms. The lowest BCUT2D eigenvalue weighted by Crippen LogP contribution is -2.15. The maximum atomic E-state index is 12.3. The highest BCUT2D eigenvalue weighted by molar-refractivity contribution is 14.1. The molecule has 118 valence electrons. The lowest BCUT2D eigenvalue weighted by Gasteiger charge is -2.08. The average molecular weight is 427 g/mol. The molecule has 2 heterocycles. The highest BCUT2D eigenvalue weighted by Crippen LogP contribution is 2.31. The fourth-order valence-electron chi connectivity index (χ4n) is 2.75. The van der Waals surface area contributed by atoms with Gasteiger partial charge < -0.3 is 9.88 Å². The number of carbonyl (C=O) groups excluding carboxylic acids is 1. The molecule has 0 saturated heterocycles. The molecule has 1 N–H and O–H groups in total. The predicted molar refractivity (Wildman–Crippen MR) is 104 cm³/mol. The van der Waals surface area contributed by atoms with Crippen LogP contribution in [-0.4, -0.2) is 16.2 Å². The summed E-state index contributed by atoms with van der Waals surface area (Å²) in [6.45, 7) is 0. The van der Waals surface area contributed by atoms with Crippen molar-refractivity contribution >= 4 is 45.6 Å². The minimum atomic E-state index is -0.0454. The number of rotatable bonds is 2.